The molecule has 26 heavy (non-hydrogen) atoms. The number of nitrogens with zero attached hydrogens (tertiary/aromatic N) is 4. The predicted molar refractivity (Wildman–Crippen MR) is 95.6 cm³/mol. The molecule has 0 saturated heterocycles. The number of pyridine rings is 1. The molecule has 3 heterocycles. The van der Waals surface area contributed by atoms with Crippen LogP contribution in [0.5, 0.6) is 0 Å². The largest absolute Gasteiger partial charge is 0.319 e. The minimum atomic E-state index is -0.536. The Morgan fingerprint density at radius 2 is 2.00 bits per heavy atom. The zero-order valence-electron chi connectivity index (χ0n) is 13.2. The van der Waals surface area contributed by atoms with Gasteiger partial charge in [-0.2, -0.15) is 5.10 Å². The molecule has 0 fully saturated rings. The van der Waals surface area contributed by atoms with Crippen molar-refractivity contribution in [3.63, 3.8) is 0 Å². The van der Waals surface area contributed by atoms with Gasteiger partial charge in [0.2, 0.25) is 0 Å². The summed E-state index contributed by atoms with van der Waals surface area (Å²) in [5, 5.41) is 7.10. The van der Waals surface area contributed by atoms with E-state index in [1.807, 2.05) is 0 Å². The third-order valence-corrected chi connectivity index (χ3v) is 4.13. The fourth-order valence-corrected chi connectivity index (χ4v) is 2.73. The van der Waals surface area contributed by atoms with Crippen molar-refractivity contribution in [1.29, 1.82) is 0 Å². The Morgan fingerprint density at radius 3 is 2.81 bits per heavy atom. The maximum absolute atomic E-state index is 13.7. The smallest absolute Gasteiger partial charge is 0.276 e. The van der Waals surface area contributed by atoms with Crippen LogP contribution in [-0.2, 0) is 0 Å². The molecule has 0 radical (unpaired) electrons. The number of aromatic nitrogens is 4. The van der Waals surface area contributed by atoms with E-state index in [0.29, 0.717) is 22.6 Å². The molecule has 1 N–H and O–H groups in total. The molecule has 0 unspecified atom stereocenters. The van der Waals surface area contributed by atoms with Crippen molar-refractivity contribution in [1.82, 2.24) is 19.6 Å². The number of carbonyl (C=O) groups excluding carboxylic acids is 1. The molecule has 0 aliphatic heterocycles. The molecule has 0 aliphatic rings. The van der Waals surface area contributed by atoms with Crippen molar-refractivity contribution in [2.45, 2.75) is 0 Å². The lowest BCUT2D eigenvalue weighted by atomic mass is 10.1. The lowest BCUT2D eigenvalue weighted by molar-refractivity contribution is 0.102. The Morgan fingerprint density at radius 1 is 1.12 bits per heavy atom. The fraction of sp³-hybridized carbons (Fsp3) is 0. The van der Waals surface area contributed by atoms with Crippen LogP contribution >= 0.6 is 11.6 Å². The van der Waals surface area contributed by atoms with E-state index in [1.54, 1.807) is 42.6 Å². The molecule has 1 amide bonds. The minimum absolute atomic E-state index is 0.0270. The predicted octanol–water partition coefficient (Wildman–Crippen LogP) is 3.84. The Labute approximate surface area is 152 Å². The number of anilines is 1. The van der Waals surface area contributed by atoms with Gasteiger partial charge >= 0.3 is 0 Å². The van der Waals surface area contributed by atoms with Gasteiger partial charge in [0.1, 0.15) is 5.82 Å². The van der Waals surface area contributed by atoms with Crippen LogP contribution < -0.4 is 5.32 Å². The topological polar surface area (TPSA) is 72.2 Å². The van der Waals surface area contributed by atoms with Crippen molar-refractivity contribution in [2.75, 3.05) is 5.32 Å². The molecular formula is C18H11ClFN5O. The maximum atomic E-state index is 13.7. The van der Waals surface area contributed by atoms with Crippen molar-refractivity contribution >= 4 is 28.8 Å². The highest BCUT2D eigenvalue weighted by molar-refractivity contribution is 6.33. The molecule has 6 nitrogen and oxygen atoms in total. The quantitative estimate of drug-likeness (QED) is 0.597. The number of amides is 1. The third-order valence-electron chi connectivity index (χ3n) is 3.74. The van der Waals surface area contributed by atoms with Gasteiger partial charge in [-0.05, 0) is 30.3 Å². The molecule has 8 heteroatoms. The summed E-state index contributed by atoms with van der Waals surface area (Å²) in [6, 6.07) is 11.3. The number of hydrogen-bond donors (Lipinski definition) is 1. The summed E-state index contributed by atoms with van der Waals surface area (Å²) >= 11 is 6.04. The van der Waals surface area contributed by atoms with E-state index >= 15 is 0 Å². The van der Waals surface area contributed by atoms with E-state index in [-0.39, 0.29) is 16.6 Å². The molecule has 0 aliphatic carbocycles. The summed E-state index contributed by atoms with van der Waals surface area (Å²) in [5.41, 5.74) is 2.13. The number of rotatable bonds is 3. The SMILES string of the molecule is O=C(Nc1cccnc1)c1cnc2ccc(-c3cccc(F)c3Cl)nn12. The van der Waals surface area contributed by atoms with E-state index < -0.39 is 5.82 Å². The Balaban J connectivity index is 1.75. The standard InChI is InChI=1S/C18H11ClFN5O/c19-17-12(4-1-5-13(17)20)14-6-7-16-22-10-15(25(16)24-14)18(26)23-11-3-2-8-21-9-11/h1-10H,(H,23,26). The number of nitrogens with one attached hydrogen (secondary N) is 1. The van der Waals surface area contributed by atoms with Crippen molar-refractivity contribution in [3.05, 3.63) is 77.6 Å². The van der Waals surface area contributed by atoms with E-state index in [9.17, 15) is 9.18 Å². The number of carbonyl (C=O) groups is 1. The fourth-order valence-electron chi connectivity index (χ4n) is 2.51. The van der Waals surface area contributed by atoms with Crippen LogP contribution in [0.1, 0.15) is 10.5 Å². The lowest BCUT2D eigenvalue weighted by Crippen LogP contribution is -2.15. The monoisotopic (exact) mass is 367 g/mol. The van der Waals surface area contributed by atoms with Gasteiger partial charge in [0, 0.05) is 11.8 Å². The van der Waals surface area contributed by atoms with Crippen LogP contribution in [0.4, 0.5) is 10.1 Å². The molecule has 0 atom stereocenters. The summed E-state index contributed by atoms with van der Waals surface area (Å²) in [7, 11) is 0. The number of fused-ring (bicyclic) bond motifs is 1. The normalized spacial score (nSPS) is 10.8. The van der Waals surface area contributed by atoms with Crippen LogP contribution in [0.25, 0.3) is 16.9 Å². The second-order valence-electron chi connectivity index (χ2n) is 5.43. The highest BCUT2D eigenvalue weighted by atomic mass is 35.5. The van der Waals surface area contributed by atoms with Gasteiger partial charge in [-0.25, -0.2) is 13.9 Å². The number of imidazole rings is 1. The molecule has 1 aromatic carbocycles. The molecular weight excluding hydrogens is 357 g/mol. The van der Waals surface area contributed by atoms with Gasteiger partial charge in [-0.1, -0.05) is 23.7 Å². The molecule has 0 bridgehead atoms. The van der Waals surface area contributed by atoms with E-state index in [2.05, 4.69) is 20.4 Å². The van der Waals surface area contributed by atoms with Crippen LogP contribution in [0.15, 0.2) is 61.1 Å². The van der Waals surface area contributed by atoms with E-state index in [1.165, 1.54) is 23.0 Å². The zero-order valence-corrected chi connectivity index (χ0v) is 14.0. The second kappa shape index (κ2) is 6.53. The highest BCUT2D eigenvalue weighted by Crippen LogP contribution is 2.28. The van der Waals surface area contributed by atoms with Crippen molar-refractivity contribution in [3.8, 4) is 11.3 Å². The van der Waals surface area contributed by atoms with Gasteiger partial charge in [0.15, 0.2) is 11.3 Å². The summed E-state index contributed by atoms with van der Waals surface area (Å²) in [6.45, 7) is 0. The first kappa shape index (κ1) is 16.2. The van der Waals surface area contributed by atoms with Gasteiger partial charge in [0.25, 0.3) is 5.91 Å². The molecule has 4 aromatic rings. The average molecular weight is 368 g/mol. The van der Waals surface area contributed by atoms with Crippen LogP contribution in [0, 0.1) is 5.82 Å². The van der Waals surface area contributed by atoms with Crippen LogP contribution in [-0.4, -0.2) is 25.5 Å². The average Bonchev–Trinajstić information content (AvgIpc) is 3.08. The van der Waals surface area contributed by atoms with Gasteiger partial charge < -0.3 is 5.32 Å². The third kappa shape index (κ3) is 2.89. The maximum Gasteiger partial charge on any atom is 0.276 e. The Hall–Kier alpha value is -3.32. The molecule has 0 saturated carbocycles. The summed E-state index contributed by atoms with van der Waals surface area (Å²) in [6.07, 6.45) is 4.57. The molecule has 4 rings (SSSR count). The number of halogens is 2. The second-order valence-corrected chi connectivity index (χ2v) is 5.81. The summed E-state index contributed by atoms with van der Waals surface area (Å²) in [4.78, 5) is 20.7. The van der Waals surface area contributed by atoms with Crippen LogP contribution in [0.2, 0.25) is 5.02 Å². The van der Waals surface area contributed by atoms with Gasteiger partial charge in [-0.15, -0.1) is 0 Å². The lowest BCUT2D eigenvalue weighted by Gasteiger charge is -2.07. The summed E-state index contributed by atoms with van der Waals surface area (Å²) < 4.78 is 15.1. The highest BCUT2D eigenvalue weighted by Gasteiger charge is 2.16. The zero-order chi connectivity index (χ0) is 18.1. The van der Waals surface area contributed by atoms with E-state index in [0.717, 1.165) is 0 Å². The van der Waals surface area contributed by atoms with E-state index in [4.69, 9.17) is 11.6 Å². The first-order valence-electron chi connectivity index (χ1n) is 7.64. The first-order chi connectivity index (χ1) is 12.6. The molecule has 128 valence electrons. The number of hydrogen-bond acceptors (Lipinski definition) is 4. The Kier molecular flexibility index (Phi) is 4.06. The van der Waals surface area contributed by atoms with Crippen molar-refractivity contribution < 1.29 is 9.18 Å². The van der Waals surface area contributed by atoms with Gasteiger partial charge in [-0.3, -0.25) is 9.78 Å². The summed E-state index contributed by atoms with van der Waals surface area (Å²) in [5.74, 6) is -0.924. The minimum Gasteiger partial charge on any atom is -0.319 e. The Bertz CT molecular complexity index is 1110. The number of benzene rings is 1. The van der Waals surface area contributed by atoms with Crippen LogP contribution in [0.3, 0.4) is 0 Å². The van der Waals surface area contributed by atoms with Gasteiger partial charge in [0.05, 0.1) is 28.8 Å². The first-order valence-corrected chi connectivity index (χ1v) is 8.02. The molecule has 0 spiro atoms. The molecule has 3 aromatic heterocycles. The van der Waals surface area contributed by atoms with Crippen molar-refractivity contribution in [2.24, 2.45) is 0 Å².